The van der Waals surface area contributed by atoms with Gasteiger partial charge in [0.2, 0.25) is 0 Å². The molecule has 1 nitrogen and oxygen atoms in total. The summed E-state index contributed by atoms with van der Waals surface area (Å²) in [5.74, 6) is 0. The fourth-order valence-corrected chi connectivity index (χ4v) is 3.78. The third-order valence-electron chi connectivity index (χ3n) is 5.21. The van der Waals surface area contributed by atoms with Gasteiger partial charge in [-0.25, -0.2) is 0 Å². The first-order valence-corrected chi connectivity index (χ1v) is 9.52. The molecule has 1 aromatic rings. The smallest absolute Gasteiger partial charge is 0.0184 e. The highest BCUT2D eigenvalue weighted by Gasteiger charge is 2.16. The van der Waals surface area contributed by atoms with Gasteiger partial charge in [-0.2, -0.15) is 0 Å². The minimum Gasteiger partial charge on any atom is -0.362 e. The number of rotatable bonds is 10. The van der Waals surface area contributed by atoms with Crippen molar-refractivity contribution >= 4 is 0 Å². The Bertz CT molecular complexity index is 402. The summed E-state index contributed by atoms with van der Waals surface area (Å²) in [5, 5.41) is 0. The normalized spacial score (nSPS) is 14.4. The average molecular weight is 290 g/mol. The number of unbranched alkanes of at least 4 members (excludes halogenated alkanes) is 8. The van der Waals surface area contributed by atoms with E-state index in [1.807, 2.05) is 0 Å². The average Bonchev–Trinajstić information content (AvgIpc) is 2.83. The lowest BCUT2D eigenvalue weighted by Crippen LogP contribution is -2.00. The molecule has 1 heteroatoms. The summed E-state index contributed by atoms with van der Waals surface area (Å²) in [6.45, 7) is 4.63. The second kappa shape index (κ2) is 9.33. The molecule has 1 aromatic heterocycles. The van der Waals surface area contributed by atoms with Crippen LogP contribution in [0, 0.1) is 6.92 Å². The summed E-state index contributed by atoms with van der Waals surface area (Å²) in [6.07, 6.45) is 19.5. The van der Waals surface area contributed by atoms with Gasteiger partial charge in [-0.05, 0) is 56.6 Å². The van der Waals surface area contributed by atoms with Crippen LogP contribution in [0.1, 0.15) is 100 Å². The first-order valence-electron chi connectivity index (χ1n) is 9.52. The van der Waals surface area contributed by atoms with Gasteiger partial charge >= 0.3 is 0 Å². The molecule has 1 aliphatic rings. The van der Waals surface area contributed by atoms with Crippen molar-refractivity contribution in [2.75, 3.05) is 0 Å². The number of nitrogens with one attached hydrogen (secondary N) is 1. The summed E-state index contributed by atoms with van der Waals surface area (Å²) < 4.78 is 0. The van der Waals surface area contributed by atoms with Crippen molar-refractivity contribution in [3.63, 3.8) is 0 Å². The third-order valence-corrected chi connectivity index (χ3v) is 5.21. The van der Waals surface area contributed by atoms with E-state index < -0.39 is 0 Å². The molecule has 0 aromatic carbocycles. The van der Waals surface area contributed by atoms with Crippen molar-refractivity contribution in [3.05, 3.63) is 22.5 Å². The van der Waals surface area contributed by atoms with Crippen LogP contribution < -0.4 is 0 Å². The van der Waals surface area contributed by atoms with Crippen LogP contribution in [0.4, 0.5) is 0 Å². The molecule has 2 rings (SSSR count). The van der Waals surface area contributed by atoms with Gasteiger partial charge < -0.3 is 4.98 Å². The molecule has 0 aliphatic heterocycles. The number of aryl methyl sites for hydroxylation is 2. The van der Waals surface area contributed by atoms with Crippen LogP contribution in [0.2, 0.25) is 0 Å². The molecular weight excluding hydrogens is 254 g/mol. The zero-order valence-corrected chi connectivity index (χ0v) is 14.4. The highest BCUT2D eigenvalue weighted by Crippen LogP contribution is 2.27. The van der Waals surface area contributed by atoms with Crippen LogP contribution in [0.3, 0.4) is 0 Å². The molecule has 1 aliphatic carbocycles. The molecule has 0 unspecified atom stereocenters. The van der Waals surface area contributed by atoms with E-state index in [0.717, 1.165) is 0 Å². The van der Waals surface area contributed by atoms with E-state index in [-0.39, 0.29) is 0 Å². The van der Waals surface area contributed by atoms with Crippen LogP contribution in [0.25, 0.3) is 0 Å². The maximum absolute atomic E-state index is 3.73. The molecule has 0 spiro atoms. The molecule has 0 saturated carbocycles. The molecule has 0 radical (unpaired) electrons. The number of aromatic nitrogens is 1. The Kier molecular flexibility index (Phi) is 7.39. The van der Waals surface area contributed by atoms with Crippen molar-refractivity contribution in [1.82, 2.24) is 4.98 Å². The highest BCUT2D eigenvalue weighted by atomic mass is 14.7. The second-order valence-corrected chi connectivity index (χ2v) is 6.97. The van der Waals surface area contributed by atoms with Crippen molar-refractivity contribution in [2.45, 2.75) is 104 Å². The van der Waals surface area contributed by atoms with Gasteiger partial charge in [0.25, 0.3) is 0 Å². The van der Waals surface area contributed by atoms with Crippen molar-refractivity contribution in [3.8, 4) is 0 Å². The predicted octanol–water partition coefficient (Wildman–Crippen LogP) is 6.28. The Morgan fingerprint density at radius 3 is 2.10 bits per heavy atom. The molecule has 0 fully saturated rings. The fourth-order valence-electron chi connectivity index (χ4n) is 3.78. The van der Waals surface area contributed by atoms with Gasteiger partial charge in [0, 0.05) is 11.4 Å². The van der Waals surface area contributed by atoms with Crippen LogP contribution in [0.15, 0.2) is 0 Å². The topological polar surface area (TPSA) is 15.8 Å². The van der Waals surface area contributed by atoms with Crippen molar-refractivity contribution < 1.29 is 0 Å². The van der Waals surface area contributed by atoms with Gasteiger partial charge in [-0.15, -0.1) is 0 Å². The molecule has 0 bridgehead atoms. The van der Waals surface area contributed by atoms with E-state index >= 15 is 0 Å². The van der Waals surface area contributed by atoms with Crippen LogP contribution in [-0.4, -0.2) is 4.98 Å². The monoisotopic (exact) mass is 289 g/mol. The Morgan fingerprint density at radius 1 is 0.810 bits per heavy atom. The van der Waals surface area contributed by atoms with Gasteiger partial charge in [-0.1, -0.05) is 58.3 Å². The molecular formula is C20H35N. The first kappa shape index (κ1) is 16.6. The minimum atomic E-state index is 1.27. The molecule has 120 valence electrons. The molecule has 0 saturated heterocycles. The van der Waals surface area contributed by atoms with Crippen LogP contribution in [0.5, 0.6) is 0 Å². The quantitative estimate of drug-likeness (QED) is 0.488. The Labute approximate surface area is 131 Å². The summed E-state index contributed by atoms with van der Waals surface area (Å²) in [6, 6.07) is 0. The molecule has 0 atom stereocenters. The maximum atomic E-state index is 3.73. The Hall–Kier alpha value is -0.720. The summed E-state index contributed by atoms with van der Waals surface area (Å²) in [5.41, 5.74) is 6.35. The van der Waals surface area contributed by atoms with Crippen molar-refractivity contribution in [1.29, 1.82) is 0 Å². The van der Waals surface area contributed by atoms with E-state index in [2.05, 4.69) is 18.8 Å². The Morgan fingerprint density at radius 2 is 1.43 bits per heavy atom. The first-order chi connectivity index (χ1) is 10.3. The third kappa shape index (κ3) is 5.20. The summed E-state index contributed by atoms with van der Waals surface area (Å²) in [4.78, 5) is 3.73. The van der Waals surface area contributed by atoms with Gasteiger partial charge in [0.1, 0.15) is 0 Å². The summed E-state index contributed by atoms with van der Waals surface area (Å²) in [7, 11) is 0. The van der Waals surface area contributed by atoms with E-state index in [1.54, 1.807) is 22.5 Å². The maximum Gasteiger partial charge on any atom is 0.0184 e. The van der Waals surface area contributed by atoms with E-state index in [1.165, 1.54) is 89.9 Å². The standard InChI is InChI=1S/C20H35N/c1-3-4-5-6-7-8-9-10-11-15-19-17(2)18-14-12-13-16-20(18)21-19/h21H,3-16H2,1-2H3. The van der Waals surface area contributed by atoms with Gasteiger partial charge in [0.15, 0.2) is 0 Å². The lowest BCUT2D eigenvalue weighted by molar-refractivity contribution is 0.563. The van der Waals surface area contributed by atoms with Gasteiger partial charge in [-0.3, -0.25) is 0 Å². The zero-order valence-electron chi connectivity index (χ0n) is 14.4. The number of fused-ring (bicyclic) bond motifs is 1. The highest BCUT2D eigenvalue weighted by molar-refractivity contribution is 5.37. The van der Waals surface area contributed by atoms with E-state index in [4.69, 9.17) is 0 Å². The largest absolute Gasteiger partial charge is 0.362 e. The molecule has 1 N–H and O–H groups in total. The predicted molar refractivity (Wildman–Crippen MR) is 93.1 cm³/mol. The number of aromatic amines is 1. The summed E-state index contributed by atoms with van der Waals surface area (Å²) >= 11 is 0. The number of hydrogen-bond acceptors (Lipinski definition) is 0. The van der Waals surface area contributed by atoms with Crippen molar-refractivity contribution in [2.24, 2.45) is 0 Å². The minimum absolute atomic E-state index is 1.27. The lowest BCUT2D eigenvalue weighted by Gasteiger charge is -2.10. The molecule has 0 amide bonds. The number of hydrogen-bond donors (Lipinski definition) is 1. The second-order valence-electron chi connectivity index (χ2n) is 6.97. The molecule has 21 heavy (non-hydrogen) atoms. The SMILES string of the molecule is CCCCCCCCCCCc1[nH]c2c(c1C)CCCC2. The zero-order chi connectivity index (χ0) is 14.9. The lowest BCUT2D eigenvalue weighted by atomic mass is 9.94. The van der Waals surface area contributed by atoms with Crippen LogP contribution >= 0.6 is 0 Å². The van der Waals surface area contributed by atoms with Gasteiger partial charge in [0.05, 0.1) is 0 Å². The van der Waals surface area contributed by atoms with E-state index in [9.17, 15) is 0 Å². The van der Waals surface area contributed by atoms with E-state index in [0.29, 0.717) is 0 Å². The fraction of sp³-hybridized carbons (Fsp3) is 0.800. The van der Waals surface area contributed by atoms with Crippen LogP contribution in [-0.2, 0) is 19.3 Å². The molecule has 1 heterocycles. The Balaban J connectivity index is 1.58. The number of H-pyrrole nitrogens is 1.